The first-order chi connectivity index (χ1) is 10.2. The molecule has 0 aromatic carbocycles. The summed E-state index contributed by atoms with van der Waals surface area (Å²) >= 11 is 1.77. The van der Waals surface area contributed by atoms with Crippen LogP contribution in [0.15, 0.2) is 6.33 Å². The molecule has 4 rings (SSSR count). The maximum atomic E-state index is 5.43. The van der Waals surface area contributed by atoms with Crippen LogP contribution >= 0.6 is 11.3 Å². The quantitative estimate of drug-likeness (QED) is 0.847. The van der Waals surface area contributed by atoms with Crippen LogP contribution in [0.3, 0.4) is 0 Å². The zero-order valence-corrected chi connectivity index (χ0v) is 13.3. The van der Waals surface area contributed by atoms with E-state index in [0.29, 0.717) is 6.04 Å². The van der Waals surface area contributed by atoms with Gasteiger partial charge in [-0.25, -0.2) is 9.97 Å². The second kappa shape index (κ2) is 5.19. The van der Waals surface area contributed by atoms with E-state index in [2.05, 4.69) is 33.6 Å². The van der Waals surface area contributed by atoms with Crippen LogP contribution in [0.25, 0.3) is 10.2 Å². The summed E-state index contributed by atoms with van der Waals surface area (Å²) in [5.41, 5.74) is 1.33. The van der Waals surface area contributed by atoms with Gasteiger partial charge in [0.05, 0.1) is 18.6 Å². The molecule has 0 amide bonds. The second-order valence-corrected chi connectivity index (χ2v) is 7.07. The van der Waals surface area contributed by atoms with Crippen LogP contribution in [0, 0.1) is 13.8 Å². The summed E-state index contributed by atoms with van der Waals surface area (Å²) in [7, 11) is 0. The maximum absolute atomic E-state index is 5.43. The van der Waals surface area contributed by atoms with Gasteiger partial charge < -0.3 is 9.64 Å². The monoisotopic (exact) mass is 304 g/mol. The van der Waals surface area contributed by atoms with Crippen molar-refractivity contribution in [1.82, 2.24) is 14.9 Å². The average Bonchev–Trinajstić information content (AvgIpc) is 2.75. The lowest BCUT2D eigenvalue weighted by molar-refractivity contribution is 0.0105. The van der Waals surface area contributed by atoms with Crippen molar-refractivity contribution >= 4 is 27.4 Å². The molecule has 2 saturated heterocycles. The summed E-state index contributed by atoms with van der Waals surface area (Å²) in [5.74, 6) is 1.12. The Hall–Kier alpha value is -1.24. The number of aryl methyl sites for hydroxylation is 2. The topological polar surface area (TPSA) is 41.5 Å². The summed E-state index contributed by atoms with van der Waals surface area (Å²) in [6.07, 6.45) is 1.70. The van der Waals surface area contributed by atoms with Crippen molar-refractivity contribution < 1.29 is 4.74 Å². The van der Waals surface area contributed by atoms with Crippen molar-refractivity contribution in [3.63, 3.8) is 0 Å². The van der Waals surface area contributed by atoms with Crippen molar-refractivity contribution in [3.8, 4) is 0 Å². The van der Waals surface area contributed by atoms with E-state index >= 15 is 0 Å². The van der Waals surface area contributed by atoms with E-state index in [4.69, 9.17) is 4.74 Å². The standard InChI is InChI=1S/C15H20N4OS/c1-10-11(2)21-15-13(10)14(16-9-17-15)19-7-12(8-19)18-3-5-20-6-4-18/h9,12H,3-8H2,1-2H3. The molecular weight excluding hydrogens is 284 g/mol. The molecule has 0 atom stereocenters. The first kappa shape index (κ1) is 13.4. The van der Waals surface area contributed by atoms with E-state index in [0.717, 1.165) is 50.0 Å². The highest BCUT2D eigenvalue weighted by Crippen LogP contribution is 2.36. The minimum atomic E-state index is 0.652. The molecule has 2 fully saturated rings. The molecule has 0 radical (unpaired) electrons. The third-order valence-electron chi connectivity index (χ3n) is 4.67. The zero-order valence-electron chi connectivity index (χ0n) is 12.5. The van der Waals surface area contributed by atoms with Gasteiger partial charge in [-0.2, -0.15) is 0 Å². The molecule has 0 aliphatic carbocycles. The fraction of sp³-hybridized carbons (Fsp3) is 0.600. The summed E-state index contributed by atoms with van der Waals surface area (Å²) in [5, 5.41) is 1.25. The van der Waals surface area contributed by atoms with E-state index in [-0.39, 0.29) is 0 Å². The molecule has 0 spiro atoms. The number of hydrogen-bond acceptors (Lipinski definition) is 6. The number of thiophene rings is 1. The van der Waals surface area contributed by atoms with Crippen LogP contribution in [-0.2, 0) is 4.74 Å². The number of aromatic nitrogens is 2. The summed E-state index contributed by atoms with van der Waals surface area (Å²) in [6, 6.07) is 0.652. The number of ether oxygens (including phenoxy) is 1. The van der Waals surface area contributed by atoms with Crippen LogP contribution < -0.4 is 4.90 Å². The smallest absolute Gasteiger partial charge is 0.141 e. The van der Waals surface area contributed by atoms with E-state index in [1.54, 1.807) is 17.7 Å². The third kappa shape index (κ3) is 2.22. The Labute approximate surface area is 128 Å². The molecular formula is C15H20N4OS. The molecule has 0 N–H and O–H groups in total. The lowest BCUT2D eigenvalue weighted by Gasteiger charge is -2.47. The molecule has 2 aromatic heterocycles. The van der Waals surface area contributed by atoms with Gasteiger partial charge in [-0.05, 0) is 19.4 Å². The minimum Gasteiger partial charge on any atom is -0.379 e. The van der Waals surface area contributed by atoms with E-state index in [1.165, 1.54) is 15.8 Å². The molecule has 2 aromatic rings. The molecule has 2 aliphatic heterocycles. The van der Waals surface area contributed by atoms with Gasteiger partial charge in [0.2, 0.25) is 0 Å². The van der Waals surface area contributed by atoms with Crippen molar-refractivity contribution in [1.29, 1.82) is 0 Å². The molecule has 5 nitrogen and oxygen atoms in total. The number of nitrogens with zero attached hydrogens (tertiary/aromatic N) is 4. The summed E-state index contributed by atoms with van der Waals surface area (Å²) in [6.45, 7) is 10.4. The molecule has 6 heteroatoms. The summed E-state index contributed by atoms with van der Waals surface area (Å²) in [4.78, 5) is 16.4. The van der Waals surface area contributed by atoms with Gasteiger partial charge in [0.25, 0.3) is 0 Å². The number of anilines is 1. The van der Waals surface area contributed by atoms with Crippen molar-refractivity contribution in [3.05, 3.63) is 16.8 Å². The maximum Gasteiger partial charge on any atom is 0.141 e. The third-order valence-corrected chi connectivity index (χ3v) is 5.78. The second-order valence-electron chi connectivity index (χ2n) is 5.87. The van der Waals surface area contributed by atoms with E-state index in [1.807, 2.05) is 0 Å². The van der Waals surface area contributed by atoms with Crippen LogP contribution in [-0.4, -0.2) is 60.3 Å². The number of fused-ring (bicyclic) bond motifs is 1. The number of hydrogen-bond donors (Lipinski definition) is 0. The van der Waals surface area contributed by atoms with Crippen LogP contribution in [0.5, 0.6) is 0 Å². The molecule has 4 heterocycles. The molecule has 0 saturated carbocycles. The molecule has 112 valence electrons. The fourth-order valence-electron chi connectivity index (χ4n) is 3.21. The predicted molar refractivity (Wildman–Crippen MR) is 85.3 cm³/mol. The van der Waals surface area contributed by atoms with Crippen LogP contribution in [0.4, 0.5) is 5.82 Å². The lowest BCUT2D eigenvalue weighted by Crippen LogP contribution is -2.61. The Balaban J connectivity index is 1.56. The van der Waals surface area contributed by atoms with Crippen LogP contribution in [0.1, 0.15) is 10.4 Å². The van der Waals surface area contributed by atoms with E-state index < -0.39 is 0 Å². The highest BCUT2D eigenvalue weighted by atomic mass is 32.1. The first-order valence-corrected chi connectivity index (χ1v) is 8.33. The van der Waals surface area contributed by atoms with Gasteiger partial charge in [-0.3, -0.25) is 4.90 Å². The van der Waals surface area contributed by atoms with Gasteiger partial charge in [-0.15, -0.1) is 11.3 Å². The Morgan fingerprint density at radius 1 is 1.19 bits per heavy atom. The van der Waals surface area contributed by atoms with Gasteiger partial charge in [0.1, 0.15) is 17.0 Å². The SMILES string of the molecule is Cc1sc2ncnc(N3CC(N4CCOCC4)C3)c2c1C. The van der Waals surface area contributed by atoms with Gasteiger partial charge in [0.15, 0.2) is 0 Å². The molecule has 21 heavy (non-hydrogen) atoms. The predicted octanol–water partition coefficient (Wildman–Crippen LogP) is 1.83. The Morgan fingerprint density at radius 2 is 1.95 bits per heavy atom. The summed E-state index contributed by atoms with van der Waals surface area (Å²) < 4.78 is 5.43. The number of rotatable bonds is 2. The first-order valence-electron chi connectivity index (χ1n) is 7.51. The van der Waals surface area contributed by atoms with Gasteiger partial charge >= 0.3 is 0 Å². The minimum absolute atomic E-state index is 0.652. The van der Waals surface area contributed by atoms with Crippen molar-refractivity contribution in [2.24, 2.45) is 0 Å². The zero-order chi connectivity index (χ0) is 14.4. The van der Waals surface area contributed by atoms with Gasteiger partial charge in [-0.1, -0.05) is 0 Å². The Bertz CT molecular complexity index is 659. The lowest BCUT2D eigenvalue weighted by atomic mass is 10.1. The molecule has 2 aliphatic rings. The van der Waals surface area contributed by atoms with Crippen molar-refractivity contribution in [2.75, 3.05) is 44.3 Å². The molecule has 0 bridgehead atoms. The Morgan fingerprint density at radius 3 is 2.71 bits per heavy atom. The van der Waals surface area contributed by atoms with Crippen LogP contribution in [0.2, 0.25) is 0 Å². The highest BCUT2D eigenvalue weighted by Gasteiger charge is 2.34. The van der Waals surface area contributed by atoms with Gasteiger partial charge in [0, 0.05) is 37.1 Å². The highest BCUT2D eigenvalue weighted by molar-refractivity contribution is 7.18. The van der Waals surface area contributed by atoms with E-state index in [9.17, 15) is 0 Å². The van der Waals surface area contributed by atoms with Crippen molar-refractivity contribution in [2.45, 2.75) is 19.9 Å². The number of morpholine rings is 1. The molecule has 0 unspecified atom stereocenters. The fourth-order valence-corrected chi connectivity index (χ4v) is 4.20. The Kier molecular flexibility index (Phi) is 3.32. The normalized spacial score (nSPS) is 21.0. The average molecular weight is 304 g/mol. The largest absolute Gasteiger partial charge is 0.379 e.